The highest BCUT2D eigenvalue weighted by molar-refractivity contribution is 7.09. The van der Waals surface area contributed by atoms with Crippen molar-refractivity contribution in [3.8, 4) is 0 Å². The van der Waals surface area contributed by atoms with Gasteiger partial charge in [0.1, 0.15) is 5.41 Å². The molecule has 4 heteroatoms. The van der Waals surface area contributed by atoms with Crippen LogP contribution in [0.2, 0.25) is 0 Å². The van der Waals surface area contributed by atoms with Gasteiger partial charge in [0.25, 0.3) is 0 Å². The molecule has 1 heterocycles. The second kappa shape index (κ2) is 4.09. The number of hydrogen-bond donors (Lipinski definition) is 0. The zero-order valence-electron chi connectivity index (χ0n) is 8.96. The van der Waals surface area contributed by atoms with Crippen molar-refractivity contribution in [2.45, 2.75) is 33.1 Å². The van der Waals surface area contributed by atoms with Crippen molar-refractivity contribution in [1.82, 2.24) is 4.98 Å². The fourth-order valence-corrected chi connectivity index (χ4v) is 1.85. The zero-order chi connectivity index (χ0) is 10.8. The third kappa shape index (κ3) is 2.12. The minimum Gasteiger partial charge on any atom is -0.465 e. The maximum atomic E-state index is 11.6. The van der Waals surface area contributed by atoms with Crippen LogP contribution in [0.15, 0.2) is 5.38 Å². The average Bonchev–Trinajstić information content (AvgIpc) is 2.52. The Morgan fingerprint density at radius 2 is 2.29 bits per heavy atom. The van der Waals surface area contributed by atoms with E-state index in [0.29, 0.717) is 6.61 Å². The van der Waals surface area contributed by atoms with Gasteiger partial charge in [0.05, 0.1) is 17.3 Å². The Bertz CT molecular complexity index is 331. The first-order valence-corrected chi connectivity index (χ1v) is 5.46. The van der Waals surface area contributed by atoms with Crippen molar-refractivity contribution in [1.29, 1.82) is 0 Å². The number of hydrogen-bond acceptors (Lipinski definition) is 4. The van der Waals surface area contributed by atoms with E-state index in [1.165, 1.54) is 0 Å². The van der Waals surface area contributed by atoms with Crippen molar-refractivity contribution in [3.05, 3.63) is 16.1 Å². The minimum absolute atomic E-state index is 0.217. The largest absolute Gasteiger partial charge is 0.465 e. The summed E-state index contributed by atoms with van der Waals surface area (Å²) in [6.07, 6.45) is 0. The van der Waals surface area contributed by atoms with Gasteiger partial charge in [0.2, 0.25) is 0 Å². The van der Waals surface area contributed by atoms with Crippen LogP contribution in [0.4, 0.5) is 0 Å². The quantitative estimate of drug-likeness (QED) is 0.723. The van der Waals surface area contributed by atoms with Gasteiger partial charge in [-0.25, -0.2) is 4.98 Å². The highest BCUT2D eigenvalue weighted by atomic mass is 32.1. The predicted octanol–water partition coefficient (Wildman–Crippen LogP) is 2.29. The van der Waals surface area contributed by atoms with Crippen LogP contribution in [-0.4, -0.2) is 17.6 Å². The number of thiazole rings is 1. The highest BCUT2D eigenvalue weighted by Gasteiger charge is 2.33. The van der Waals surface area contributed by atoms with Crippen LogP contribution in [0.5, 0.6) is 0 Å². The molecule has 0 amide bonds. The standard InChI is InChI=1S/C10H15NO2S/c1-5-13-9(12)10(3,4)8-6-14-7(2)11-8/h6H,5H2,1-4H3. The molecule has 1 aromatic heterocycles. The summed E-state index contributed by atoms with van der Waals surface area (Å²) in [5.74, 6) is -0.217. The molecule has 0 fully saturated rings. The van der Waals surface area contributed by atoms with Crippen LogP contribution >= 0.6 is 11.3 Å². The van der Waals surface area contributed by atoms with E-state index in [9.17, 15) is 4.79 Å². The number of aromatic nitrogens is 1. The van der Waals surface area contributed by atoms with Gasteiger partial charge in [-0.3, -0.25) is 4.79 Å². The summed E-state index contributed by atoms with van der Waals surface area (Å²) in [6, 6.07) is 0. The molecule has 0 aliphatic rings. The Labute approximate surface area is 88.1 Å². The summed E-state index contributed by atoms with van der Waals surface area (Å²) in [7, 11) is 0. The molecular formula is C10H15NO2S. The maximum Gasteiger partial charge on any atom is 0.317 e. The number of rotatable bonds is 3. The third-order valence-corrected chi connectivity index (χ3v) is 2.82. The molecule has 0 atom stereocenters. The average molecular weight is 213 g/mol. The Morgan fingerprint density at radius 3 is 2.71 bits per heavy atom. The second-order valence-electron chi connectivity index (χ2n) is 3.60. The van der Waals surface area contributed by atoms with Gasteiger partial charge in [-0.15, -0.1) is 11.3 Å². The van der Waals surface area contributed by atoms with Gasteiger partial charge in [-0.2, -0.15) is 0 Å². The highest BCUT2D eigenvalue weighted by Crippen LogP contribution is 2.25. The van der Waals surface area contributed by atoms with Gasteiger partial charge in [0.15, 0.2) is 0 Å². The molecule has 0 saturated carbocycles. The van der Waals surface area contributed by atoms with Crippen LogP contribution < -0.4 is 0 Å². The molecule has 0 aliphatic heterocycles. The monoisotopic (exact) mass is 213 g/mol. The number of carbonyl (C=O) groups is 1. The van der Waals surface area contributed by atoms with Crippen LogP contribution in [0.1, 0.15) is 31.5 Å². The predicted molar refractivity (Wildman–Crippen MR) is 56.5 cm³/mol. The normalized spacial score (nSPS) is 11.4. The van der Waals surface area contributed by atoms with E-state index in [0.717, 1.165) is 10.7 Å². The molecular weight excluding hydrogens is 198 g/mol. The minimum atomic E-state index is -0.638. The van der Waals surface area contributed by atoms with Crippen molar-refractivity contribution in [2.75, 3.05) is 6.61 Å². The summed E-state index contributed by atoms with van der Waals surface area (Å²) < 4.78 is 5.00. The van der Waals surface area contributed by atoms with E-state index in [1.54, 1.807) is 18.3 Å². The lowest BCUT2D eigenvalue weighted by Crippen LogP contribution is -2.31. The summed E-state index contributed by atoms with van der Waals surface area (Å²) in [5.41, 5.74) is 0.152. The van der Waals surface area contributed by atoms with E-state index < -0.39 is 5.41 Å². The third-order valence-electron chi connectivity index (χ3n) is 2.05. The number of carbonyl (C=O) groups excluding carboxylic acids is 1. The molecule has 14 heavy (non-hydrogen) atoms. The Morgan fingerprint density at radius 1 is 1.64 bits per heavy atom. The SMILES string of the molecule is CCOC(=O)C(C)(C)c1csc(C)n1. The molecule has 1 aromatic rings. The van der Waals surface area contributed by atoms with Crippen LogP contribution in [-0.2, 0) is 14.9 Å². The van der Waals surface area contributed by atoms with Crippen molar-refractivity contribution < 1.29 is 9.53 Å². The van der Waals surface area contributed by atoms with E-state index in [1.807, 2.05) is 26.2 Å². The number of aryl methyl sites for hydroxylation is 1. The van der Waals surface area contributed by atoms with Gasteiger partial charge in [0, 0.05) is 5.38 Å². The van der Waals surface area contributed by atoms with E-state index in [4.69, 9.17) is 4.74 Å². The summed E-state index contributed by atoms with van der Waals surface area (Å²) in [4.78, 5) is 15.9. The van der Waals surface area contributed by atoms with E-state index >= 15 is 0 Å². The first kappa shape index (κ1) is 11.2. The molecule has 0 bridgehead atoms. The Balaban J connectivity index is 2.89. The second-order valence-corrected chi connectivity index (χ2v) is 4.66. The number of esters is 1. The molecule has 0 unspecified atom stereocenters. The van der Waals surface area contributed by atoms with Crippen molar-refractivity contribution in [3.63, 3.8) is 0 Å². The fraction of sp³-hybridized carbons (Fsp3) is 0.600. The summed E-state index contributed by atoms with van der Waals surface area (Å²) in [5, 5.41) is 2.88. The zero-order valence-corrected chi connectivity index (χ0v) is 9.77. The van der Waals surface area contributed by atoms with Crippen LogP contribution in [0, 0.1) is 6.92 Å². The lowest BCUT2D eigenvalue weighted by Gasteiger charge is -2.19. The summed E-state index contributed by atoms with van der Waals surface area (Å²) in [6.45, 7) is 7.81. The molecule has 0 N–H and O–H groups in total. The van der Waals surface area contributed by atoms with E-state index in [2.05, 4.69) is 4.98 Å². The summed E-state index contributed by atoms with van der Waals surface area (Å²) >= 11 is 1.55. The molecule has 0 saturated heterocycles. The molecule has 78 valence electrons. The topological polar surface area (TPSA) is 39.2 Å². The maximum absolute atomic E-state index is 11.6. The molecule has 3 nitrogen and oxygen atoms in total. The Kier molecular flexibility index (Phi) is 3.26. The number of ether oxygens (including phenoxy) is 1. The number of nitrogens with zero attached hydrogens (tertiary/aromatic N) is 1. The van der Waals surface area contributed by atoms with Crippen LogP contribution in [0.25, 0.3) is 0 Å². The molecule has 1 rings (SSSR count). The van der Waals surface area contributed by atoms with Gasteiger partial charge in [-0.1, -0.05) is 0 Å². The van der Waals surface area contributed by atoms with Gasteiger partial charge >= 0.3 is 5.97 Å². The first-order valence-electron chi connectivity index (χ1n) is 4.58. The lowest BCUT2D eigenvalue weighted by atomic mass is 9.90. The van der Waals surface area contributed by atoms with Crippen molar-refractivity contribution >= 4 is 17.3 Å². The van der Waals surface area contributed by atoms with Crippen LogP contribution in [0.3, 0.4) is 0 Å². The fourth-order valence-electron chi connectivity index (χ4n) is 1.07. The molecule has 0 aliphatic carbocycles. The molecule has 0 radical (unpaired) electrons. The van der Waals surface area contributed by atoms with Crippen molar-refractivity contribution in [2.24, 2.45) is 0 Å². The first-order chi connectivity index (χ1) is 6.48. The van der Waals surface area contributed by atoms with Gasteiger partial charge in [-0.05, 0) is 27.7 Å². The smallest absolute Gasteiger partial charge is 0.317 e. The molecule has 0 spiro atoms. The van der Waals surface area contributed by atoms with E-state index in [-0.39, 0.29) is 5.97 Å². The van der Waals surface area contributed by atoms with Gasteiger partial charge < -0.3 is 4.74 Å². The molecule has 0 aromatic carbocycles. The lowest BCUT2D eigenvalue weighted by molar-refractivity contribution is -0.148. The Hall–Kier alpha value is -0.900.